The van der Waals surface area contributed by atoms with Gasteiger partial charge >= 0.3 is 0 Å². The van der Waals surface area contributed by atoms with Crippen LogP contribution in [0.3, 0.4) is 0 Å². The fourth-order valence-corrected chi connectivity index (χ4v) is 5.02. The van der Waals surface area contributed by atoms with Crippen molar-refractivity contribution < 1.29 is 37.0 Å². The third kappa shape index (κ3) is 6.20. The maximum atomic E-state index is 12.9. The van der Waals surface area contributed by atoms with E-state index in [1.165, 1.54) is 18.2 Å². The first-order valence-electron chi connectivity index (χ1n) is 10.8. The molecule has 1 aliphatic heterocycles. The van der Waals surface area contributed by atoms with Crippen molar-refractivity contribution in [3.63, 3.8) is 0 Å². The van der Waals surface area contributed by atoms with E-state index in [0.29, 0.717) is 5.75 Å². The number of benzene rings is 3. The highest BCUT2D eigenvalue weighted by atomic mass is 127. The SMILES string of the molecule is C=CCO[C@@H]1[C@H](O)[C@H](Oc2ccc(I)cc2)O[C@@H](COS(=O)(=O)c2ccc3ccccc3c2)[C@H]1O. The summed E-state index contributed by atoms with van der Waals surface area (Å²) in [6, 6.07) is 19.1. The van der Waals surface area contributed by atoms with Crippen LogP contribution in [-0.4, -0.2) is 62.6 Å². The fraction of sp³-hybridized carbons (Fsp3) is 0.280. The molecule has 0 aromatic heterocycles. The van der Waals surface area contributed by atoms with Crippen LogP contribution < -0.4 is 4.74 Å². The molecule has 0 spiro atoms. The molecule has 186 valence electrons. The Labute approximate surface area is 217 Å². The monoisotopic (exact) mass is 612 g/mol. The summed E-state index contributed by atoms with van der Waals surface area (Å²) in [5.41, 5.74) is 0. The molecule has 35 heavy (non-hydrogen) atoms. The molecule has 1 fully saturated rings. The van der Waals surface area contributed by atoms with Crippen LogP contribution in [0.4, 0.5) is 0 Å². The molecule has 2 N–H and O–H groups in total. The molecule has 1 aliphatic rings. The number of hydrogen-bond donors (Lipinski definition) is 2. The van der Waals surface area contributed by atoms with Crippen LogP contribution >= 0.6 is 22.6 Å². The lowest BCUT2D eigenvalue weighted by atomic mass is 9.99. The van der Waals surface area contributed by atoms with Crippen LogP contribution in [0.2, 0.25) is 0 Å². The topological polar surface area (TPSA) is 112 Å². The molecule has 0 unspecified atom stereocenters. The molecule has 0 amide bonds. The molecule has 0 aliphatic carbocycles. The Morgan fingerprint density at radius 1 is 1.00 bits per heavy atom. The van der Waals surface area contributed by atoms with E-state index in [-0.39, 0.29) is 11.5 Å². The molecule has 0 saturated carbocycles. The molecule has 3 aromatic rings. The zero-order chi connectivity index (χ0) is 25.0. The van der Waals surface area contributed by atoms with Crippen LogP contribution in [0.25, 0.3) is 10.8 Å². The number of hydrogen-bond acceptors (Lipinski definition) is 8. The maximum absolute atomic E-state index is 12.9. The van der Waals surface area contributed by atoms with Gasteiger partial charge in [-0.05, 0) is 69.8 Å². The normalized spacial score (nSPS) is 24.8. The summed E-state index contributed by atoms with van der Waals surface area (Å²) >= 11 is 2.15. The van der Waals surface area contributed by atoms with Crippen LogP contribution in [0.1, 0.15) is 0 Å². The van der Waals surface area contributed by atoms with Crippen molar-refractivity contribution in [2.24, 2.45) is 0 Å². The van der Waals surface area contributed by atoms with Crippen molar-refractivity contribution in [1.82, 2.24) is 0 Å². The average molecular weight is 612 g/mol. The van der Waals surface area contributed by atoms with Gasteiger partial charge in [-0.2, -0.15) is 8.42 Å². The first-order valence-corrected chi connectivity index (χ1v) is 13.3. The molecule has 0 bridgehead atoms. The smallest absolute Gasteiger partial charge is 0.297 e. The summed E-state index contributed by atoms with van der Waals surface area (Å²) in [6.07, 6.45) is -4.76. The third-order valence-corrected chi connectivity index (χ3v) is 7.51. The Hall–Kier alpha value is -2.06. The number of rotatable bonds is 9. The van der Waals surface area contributed by atoms with Crippen molar-refractivity contribution in [2.75, 3.05) is 13.2 Å². The van der Waals surface area contributed by atoms with Gasteiger partial charge in [0.25, 0.3) is 10.1 Å². The van der Waals surface area contributed by atoms with Gasteiger partial charge in [-0.15, -0.1) is 6.58 Å². The second-order valence-electron chi connectivity index (χ2n) is 7.93. The van der Waals surface area contributed by atoms with Gasteiger partial charge in [-0.3, -0.25) is 4.18 Å². The molecule has 1 saturated heterocycles. The van der Waals surface area contributed by atoms with Crippen LogP contribution in [-0.2, 0) is 23.8 Å². The number of aliphatic hydroxyl groups is 2. The van der Waals surface area contributed by atoms with Gasteiger partial charge in [-0.25, -0.2) is 0 Å². The lowest BCUT2D eigenvalue weighted by Crippen LogP contribution is -2.61. The summed E-state index contributed by atoms with van der Waals surface area (Å²) in [5, 5.41) is 23.2. The number of halogens is 1. The van der Waals surface area contributed by atoms with Crippen molar-refractivity contribution in [2.45, 2.75) is 35.6 Å². The van der Waals surface area contributed by atoms with Crippen LogP contribution in [0.15, 0.2) is 84.3 Å². The molecule has 0 radical (unpaired) electrons. The van der Waals surface area contributed by atoms with Gasteiger partial charge < -0.3 is 24.4 Å². The van der Waals surface area contributed by atoms with Gasteiger partial charge in [-0.1, -0.05) is 36.4 Å². The van der Waals surface area contributed by atoms with Gasteiger partial charge in [0.1, 0.15) is 30.2 Å². The highest BCUT2D eigenvalue weighted by Crippen LogP contribution is 2.28. The van der Waals surface area contributed by atoms with E-state index in [1.54, 1.807) is 24.3 Å². The quantitative estimate of drug-likeness (QED) is 0.215. The maximum Gasteiger partial charge on any atom is 0.297 e. The van der Waals surface area contributed by atoms with Crippen molar-refractivity contribution >= 4 is 43.5 Å². The molecule has 8 nitrogen and oxygen atoms in total. The minimum atomic E-state index is -4.16. The predicted molar refractivity (Wildman–Crippen MR) is 137 cm³/mol. The highest BCUT2D eigenvalue weighted by molar-refractivity contribution is 14.1. The van der Waals surface area contributed by atoms with E-state index in [9.17, 15) is 18.6 Å². The fourth-order valence-electron chi connectivity index (χ4n) is 3.71. The lowest BCUT2D eigenvalue weighted by molar-refractivity contribution is -0.283. The Morgan fingerprint density at radius 3 is 2.43 bits per heavy atom. The number of ether oxygens (including phenoxy) is 3. The Balaban J connectivity index is 1.51. The molecular weight excluding hydrogens is 587 g/mol. The molecule has 1 heterocycles. The van der Waals surface area contributed by atoms with Crippen LogP contribution in [0, 0.1) is 3.57 Å². The van der Waals surface area contributed by atoms with Crippen molar-refractivity contribution in [1.29, 1.82) is 0 Å². The van der Waals surface area contributed by atoms with E-state index in [2.05, 4.69) is 29.2 Å². The van der Waals surface area contributed by atoms with Gasteiger partial charge in [0.15, 0.2) is 0 Å². The van der Waals surface area contributed by atoms with Gasteiger partial charge in [0.05, 0.1) is 18.1 Å². The average Bonchev–Trinajstić information content (AvgIpc) is 2.86. The molecular formula is C25H25IO8S. The van der Waals surface area contributed by atoms with Crippen LogP contribution in [0.5, 0.6) is 5.75 Å². The molecule has 4 rings (SSSR count). The van der Waals surface area contributed by atoms with E-state index >= 15 is 0 Å². The summed E-state index contributed by atoms with van der Waals surface area (Å²) in [6.45, 7) is 3.12. The zero-order valence-electron chi connectivity index (χ0n) is 18.6. The lowest BCUT2D eigenvalue weighted by Gasteiger charge is -2.41. The van der Waals surface area contributed by atoms with Gasteiger partial charge in [0.2, 0.25) is 6.29 Å². The second kappa shape index (κ2) is 11.3. The van der Waals surface area contributed by atoms with Gasteiger partial charge in [0, 0.05) is 3.57 Å². The summed E-state index contributed by atoms with van der Waals surface area (Å²) in [5.74, 6) is 0.428. The Bertz CT molecular complexity index is 1260. The Morgan fingerprint density at radius 2 is 1.71 bits per heavy atom. The summed E-state index contributed by atoms with van der Waals surface area (Å²) < 4.78 is 49.0. The molecule has 5 atom stereocenters. The van der Waals surface area contributed by atoms with E-state index < -0.39 is 47.4 Å². The van der Waals surface area contributed by atoms with Crippen molar-refractivity contribution in [3.8, 4) is 5.75 Å². The standard InChI is InChI=1S/C25H25IO8S/c1-2-13-31-24-22(27)21(34-25(23(24)28)33-19-10-8-18(26)9-11-19)15-32-35(29,30)20-12-7-16-5-3-4-6-17(16)14-20/h2-12,14,21-25,27-28H,1,13,15H2/t21-,22+,23-,24-,25+/m0/s1. The summed E-state index contributed by atoms with van der Waals surface area (Å²) in [4.78, 5) is -0.0207. The highest BCUT2D eigenvalue weighted by Gasteiger charge is 2.47. The van der Waals surface area contributed by atoms with E-state index in [4.69, 9.17) is 18.4 Å². The van der Waals surface area contributed by atoms with E-state index in [0.717, 1.165) is 14.3 Å². The largest absolute Gasteiger partial charge is 0.462 e. The first-order chi connectivity index (χ1) is 16.8. The number of aliphatic hydroxyl groups excluding tert-OH is 2. The minimum absolute atomic E-state index is 0.0207. The minimum Gasteiger partial charge on any atom is -0.462 e. The van der Waals surface area contributed by atoms with Crippen molar-refractivity contribution in [3.05, 3.63) is 83.0 Å². The predicted octanol–water partition coefficient (Wildman–Crippen LogP) is 3.25. The Kier molecular flexibility index (Phi) is 8.42. The molecule has 10 heteroatoms. The number of fused-ring (bicyclic) bond motifs is 1. The first kappa shape index (κ1) is 26.0. The van der Waals surface area contributed by atoms with E-state index in [1.807, 2.05) is 30.3 Å². The second-order valence-corrected chi connectivity index (χ2v) is 10.8. The molecule has 3 aromatic carbocycles. The summed E-state index contributed by atoms with van der Waals surface area (Å²) in [7, 11) is -4.16. The third-order valence-electron chi connectivity index (χ3n) is 5.51. The zero-order valence-corrected chi connectivity index (χ0v) is 21.5.